The van der Waals surface area contributed by atoms with Crippen LogP contribution in [0.25, 0.3) is 0 Å². The van der Waals surface area contributed by atoms with Gasteiger partial charge in [0.25, 0.3) is 0 Å². The smallest absolute Gasteiger partial charge is 0.0152 e. The molecule has 10 heavy (non-hydrogen) atoms. The number of aromatic amines is 1. The minimum absolute atomic E-state index is 0.748. The molecule has 0 atom stereocenters. The van der Waals surface area contributed by atoms with Gasteiger partial charge in [-0.25, -0.2) is 0 Å². The lowest BCUT2D eigenvalue weighted by Gasteiger charge is -1.99. The highest BCUT2D eigenvalue weighted by Gasteiger charge is 1.97. The van der Waals surface area contributed by atoms with E-state index >= 15 is 0 Å². The van der Waals surface area contributed by atoms with Gasteiger partial charge in [0.15, 0.2) is 0 Å². The first-order chi connectivity index (χ1) is 4.68. The van der Waals surface area contributed by atoms with Gasteiger partial charge in [-0.05, 0) is 30.9 Å². The Morgan fingerprint density at radius 1 is 1.50 bits per heavy atom. The molecule has 0 bridgehead atoms. The van der Waals surface area contributed by atoms with Crippen LogP contribution in [0.15, 0.2) is 12.3 Å². The first-order valence-corrected chi connectivity index (χ1v) is 3.82. The van der Waals surface area contributed by atoms with Crippen molar-refractivity contribution in [2.45, 2.75) is 27.2 Å². The lowest BCUT2D eigenvalue weighted by atomic mass is 10.1. The Kier molecular flexibility index (Phi) is 2.15. The van der Waals surface area contributed by atoms with Gasteiger partial charge in [-0.3, -0.25) is 0 Å². The monoisotopic (exact) mass is 137 g/mol. The molecular formula is C9H15N. The molecule has 1 heterocycles. The van der Waals surface area contributed by atoms with Crippen molar-refractivity contribution in [1.29, 1.82) is 0 Å². The fourth-order valence-electron chi connectivity index (χ4n) is 1.12. The predicted octanol–water partition coefficient (Wildman–Crippen LogP) is 2.52. The van der Waals surface area contributed by atoms with Crippen LogP contribution in [0.5, 0.6) is 0 Å². The van der Waals surface area contributed by atoms with Crippen molar-refractivity contribution in [2.24, 2.45) is 5.92 Å². The number of aryl methyl sites for hydroxylation is 1. The molecule has 1 aromatic heterocycles. The van der Waals surface area contributed by atoms with Crippen LogP contribution in [-0.2, 0) is 6.42 Å². The second-order valence-corrected chi connectivity index (χ2v) is 3.30. The van der Waals surface area contributed by atoms with E-state index in [0.29, 0.717) is 0 Å². The zero-order chi connectivity index (χ0) is 7.56. The largest absolute Gasteiger partial charge is 0.365 e. The van der Waals surface area contributed by atoms with Crippen molar-refractivity contribution in [3.8, 4) is 0 Å². The number of H-pyrrole nitrogens is 1. The molecule has 0 radical (unpaired) electrons. The summed E-state index contributed by atoms with van der Waals surface area (Å²) in [5.41, 5.74) is 2.68. The standard InChI is InChI=1S/C9H15N/c1-7(2)4-9-5-8(3)6-10-9/h5-7,10H,4H2,1-3H3. The Labute approximate surface area is 62.5 Å². The summed E-state index contributed by atoms with van der Waals surface area (Å²) in [7, 11) is 0. The van der Waals surface area contributed by atoms with Crippen molar-refractivity contribution < 1.29 is 0 Å². The maximum atomic E-state index is 3.24. The summed E-state index contributed by atoms with van der Waals surface area (Å²) in [6.45, 7) is 6.58. The van der Waals surface area contributed by atoms with Crippen LogP contribution in [0.4, 0.5) is 0 Å². The Morgan fingerprint density at radius 2 is 2.20 bits per heavy atom. The van der Waals surface area contributed by atoms with Crippen molar-refractivity contribution in [3.05, 3.63) is 23.5 Å². The average molecular weight is 137 g/mol. The van der Waals surface area contributed by atoms with Crippen LogP contribution in [0.3, 0.4) is 0 Å². The summed E-state index contributed by atoms with van der Waals surface area (Å²) in [5, 5.41) is 0. The van der Waals surface area contributed by atoms with E-state index in [0.717, 1.165) is 12.3 Å². The minimum atomic E-state index is 0.748. The fourth-order valence-corrected chi connectivity index (χ4v) is 1.12. The van der Waals surface area contributed by atoms with Gasteiger partial charge in [-0.1, -0.05) is 13.8 Å². The van der Waals surface area contributed by atoms with E-state index in [2.05, 4.69) is 38.0 Å². The topological polar surface area (TPSA) is 15.8 Å². The Morgan fingerprint density at radius 3 is 2.60 bits per heavy atom. The van der Waals surface area contributed by atoms with E-state index < -0.39 is 0 Å². The number of nitrogens with one attached hydrogen (secondary N) is 1. The third-order valence-corrected chi connectivity index (χ3v) is 1.52. The predicted molar refractivity (Wildman–Crippen MR) is 44.1 cm³/mol. The van der Waals surface area contributed by atoms with Crippen molar-refractivity contribution in [1.82, 2.24) is 4.98 Å². The van der Waals surface area contributed by atoms with Crippen LogP contribution in [0.1, 0.15) is 25.1 Å². The molecule has 1 rings (SSSR count). The third kappa shape index (κ3) is 1.90. The van der Waals surface area contributed by atoms with Gasteiger partial charge in [0.1, 0.15) is 0 Å². The van der Waals surface area contributed by atoms with Gasteiger partial charge < -0.3 is 4.98 Å². The molecular weight excluding hydrogens is 122 g/mol. The quantitative estimate of drug-likeness (QED) is 0.644. The first kappa shape index (κ1) is 7.39. The molecule has 0 unspecified atom stereocenters. The van der Waals surface area contributed by atoms with Crippen LogP contribution in [0.2, 0.25) is 0 Å². The highest BCUT2D eigenvalue weighted by molar-refractivity contribution is 5.14. The SMILES string of the molecule is Cc1c[nH]c(CC(C)C)c1. The van der Waals surface area contributed by atoms with Crippen LogP contribution in [0, 0.1) is 12.8 Å². The summed E-state index contributed by atoms with van der Waals surface area (Å²) in [6.07, 6.45) is 3.21. The first-order valence-electron chi connectivity index (χ1n) is 3.82. The van der Waals surface area contributed by atoms with Crippen molar-refractivity contribution in [2.75, 3.05) is 0 Å². The molecule has 1 aromatic rings. The lowest BCUT2D eigenvalue weighted by Crippen LogP contribution is -1.92. The number of aromatic nitrogens is 1. The van der Waals surface area contributed by atoms with Crippen LogP contribution < -0.4 is 0 Å². The molecule has 0 saturated carbocycles. The zero-order valence-corrected chi connectivity index (χ0v) is 6.94. The summed E-state index contributed by atoms with van der Waals surface area (Å²) >= 11 is 0. The van der Waals surface area contributed by atoms with Gasteiger partial charge >= 0.3 is 0 Å². The van der Waals surface area contributed by atoms with Crippen molar-refractivity contribution >= 4 is 0 Å². The van der Waals surface area contributed by atoms with E-state index in [9.17, 15) is 0 Å². The van der Waals surface area contributed by atoms with Gasteiger partial charge in [0.2, 0.25) is 0 Å². The molecule has 0 aliphatic heterocycles. The maximum Gasteiger partial charge on any atom is 0.0152 e. The molecule has 0 spiro atoms. The summed E-state index contributed by atoms with van der Waals surface area (Å²) in [6, 6.07) is 2.21. The molecule has 1 nitrogen and oxygen atoms in total. The molecule has 0 fully saturated rings. The zero-order valence-electron chi connectivity index (χ0n) is 6.94. The van der Waals surface area contributed by atoms with Crippen LogP contribution >= 0.6 is 0 Å². The molecule has 0 aliphatic carbocycles. The van der Waals surface area contributed by atoms with Gasteiger partial charge in [-0.2, -0.15) is 0 Å². The summed E-state index contributed by atoms with van der Waals surface area (Å²) < 4.78 is 0. The Balaban J connectivity index is 2.58. The number of hydrogen-bond acceptors (Lipinski definition) is 0. The highest BCUT2D eigenvalue weighted by atomic mass is 14.7. The van der Waals surface area contributed by atoms with E-state index in [1.807, 2.05) is 0 Å². The average Bonchev–Trinajstić information content (AvgIpc) is 2.13. The van der Waals surface area contributed by atoms with Crippen LogP contribution in [-0.4, -0.2) is 4.98 Å². The molecule has 1 N–H and O–H groups in total. The molecule has 56 valence electrons. The van der Waals surface area contributed by atoms with E-state index in [-0.39, 0.29) is 0 Å². The lowest BCUT2D eigenvalue weighted by molar-refractivity contribution is 0.638. The van der Waals surface area contributed by atoms with E-state index in [4.69, 9.17) is 0 Å². The van der Waals surface area contributed by atoms with E-state index in [1.54, 1.807) is 0 Å². The molecule has 1 heteroatoms. The maximum absolute atomic E-state index is 3.24. The fraction of sp³-hybridized carbons (Fsp3) is 0.556. The second-order valence-electron chi connectivity index (χ2n) is 3.30. The molecule has 0 amide bonds. The summed E-state index contributed by atoms with van der Waals surface area (Å²) in [5.74, 6) is 0.748. The normalized spacial score (nSPS) is 10.8. The van der Waals surface area contributed by atoms with E-state index in [1.165, 1.54) is 11.3 Å². The Bertz CT molecular complexity index is 198. The van der Waals surface area contributed by atoms with Gasteiger partial charge in [0.05, 0.1) is 0 Å². The highest BCUT2D eigenvalue weighted by Crippen LogP contribution is 2.07. The third-order valence-electron chi connectivity index (χ3n) is 1.52. The molecule has 0 saturated heterocycles. The molecule has 0 aliphatic rings. The Hall–Kier alpha value is -0.720. The second kappa shape index (κ2) is 2.91. The number of rotatable bonds is 2. The summed E-state index contributed by atoms with van der Waals surface area (Å²) in [4.78, 5) is 3.24. The minimum Gasteiger partial charge on any atom is -0.365 e. The van der Waals surface area contributed by atoms with Gasteiger partial charge in [-0.15, -0.1) is 0 Å². The number of hydrogen-bond donors (Lipinski definition) is 1. The molecule has 0 aromatic carbocycles. The van der Waals surface area contributed by atoms with Crippen molar-refractivity contribution in [3.63, 3.8) is 0 Å². The van der Waals surface area contributed by atoms with Gasteiger partial charge in [0, 0.05) is 11.9 Å².